The molecule has 0 amide bonds. The molecule has 7 heteroatoms. The maximum absolute atomic E-state index is 9.79. The molecule has 3 heterocycles. The van der Waals surface area contributed by atoms with Gasteiger partial charge in [-0.3, -0.25) is 0 Å². The first-order valence-electron chi connectivity index (χ1n) is 9.69. The maximum atomic E-state index is 9.79. The summed E-state index contributed by atoms with van der Waals surface area (Å²) >= 11 is 1.83. The van der Waals surface area contributed by atoms with Gasteiger partial charge in [-0.25, -0.2) is 9.97 Å². The second-order valence-electron chi connectivity index (χ2n) is 7.96. The number of aromatic nitrogens is 5. The predicted octanol–water partition coefficient (Wildman–Crippen LogP) is 2.86. The van der Waals surface area contributed by atoms with E-state index in [2.05, 4.69) is 55.9 Å². The van der Waals surface area contributed by atoms with E-state index in [0.29, 0.717) is 0 Å². The van der Waals surface area contributed by atoms with Crippen molar-refractivity contribution in [2.24, 2.45) is 0 Å². The molecule has 0 spiro atoms. The summed E-state index contributed by atoms with van der Waals surface area (Å²) in [6.07, 6.45) is 6.47. The second-order valence-corrected chi connectivity index (χ2v) is 9.64. The monoisotopic (exact) mass is 393 g/mol. The van der Waals surface area contributed by atoms with Crippen molar-refractivity contribution in [2.45, 2.75) is 42.9 Å². The number of rotatable bonds is 4. The van der Waals surface area contributed by atoms with Crippen molar-refractivity contribution in [2.75, 3.05) is 12.4 Å². The summed E-state index contributed by atoms with van der Waals surface area (Å²) in [6, 6.07) is 10.4. The molecule has 1 aromatic carbocycles. The minimum atomic E-state index is -0.174. The van der Waals surface area contributed by atoms with E-state index in [1.807, 2.05) is 17.8 Å². The smallest absolute Gasteiger partial charge is 0.159 e. The molecule has 5 rings (SSSR count). The van der Waals surface area contributed by atoms with E-state index >= 15 is 0 Å². The van der Waals surface area contributed by atoms with Gasteiger partial charge in [-0.1, -0.05) is 24.3 Å². The van der Waals surface area contributed by atoms with Gasteiger partial charge in [0.2, 0.25) is 0 Å². The topological polar surface area (TPSA) is 76.7 Å². The van der Waals surface area contributed by atoms with E-state index in [1.54, 1.807) is 12.4 Å². The minimum Gasteiger partial charge on any atom is -0.395 e. The number of benzene rings is 1. The van der Waals surface area contributed by atoms with Crippen LogP contribution in [-0.2, 0) is 18.4 Å². The highest BCUT2D eigenvalue weighted by Crippen LogP contribution is 2.53. The number of fused-ring (bicyclic) bond motifs is 1. The third-order valence-corrected chi connectivity index (χ3v) is 7.26. The minimum absolute atomic E-state index is 0.0358. The highest BCUT2D eigenvalue weighted by Gasteiger charge is 2.50. The van der Waals surface area contributed by atoms with Crippen LogP contribution in [0.1, 0.15) is 37.0 Å². The van der Waals surface area contributed by atoms with E-state index in [9.17, 15) is 5.11 Å². The first kappa shape index (κ1) is 17.8. The van der Waals surface area contributed by atoms with Gasteiger partial charge >= 0.3 is 0 Å². The van der Waals surface area contributed by atoms with Crippen LogP contribution >= 0.6 is 11.8 Å². The Hall–Kier alpha value is -2.25. The Bertz CT molecular complexity index is 984. The number of hydrogen-bond acceptors (Lipinski definition) is 6. The van der Waals surface area contributed by atoms with Gasteiger partial charge in [0, 0.05) is 41.4 Å². The highest BCUT2D eigenvalue weighted by atomic mass is 32.2. The van der Waals surface area contributed by atoms with Crippen molar-refractivity contribution in [3.05, 3.63) is 59.9 Å². The van der Waals surface area contributed by atoms with Crippen LogP contribution < -0.4 is 0 Å². The first-order valence-corrected chi connectivity index (χ1v) is 10.7. The van der Waals surface area contributed by atoms with Crippen LogP contribution in [0.3, 0.4) is 0 Å². The van der Waals surface area contributed by atoms with E-state index < -0.39 is 0 Å². The summed E-state index contributed by atoms with van der Waals surface area (Å²) in [6.45, 7) is 3.17. The predicted molar refractivity (Wildman–Crippen MR) is 109 cm³/mol. The van der Waals surface area contributed by atoms with Gasteiger partial charge in [-0.15, -0.1) is 10.2 Å². The Morgan fingerprint density at radius 2 is 1.86 bits per heavy atom. The van der Waals surface area contributed by atoms with E-state index in [0.717, 1.165) is 54.6 Å². The van der Waals surface area contributed by atoms with Crippen molar-refractivity contribution >= 4 is 11.8 Å². The third-order valence-electron chi connectivity index (χ3n) is 5.90. The third kappa shape index (κ3) is 2.93. The zero-order chi connectivity index (χ0) is 19.2. The molecular weight excluding hydrogens is 370 g/mol. The van der Waals surface area contributed by atoms with Crippen LogP contribution in [0.2, 0.25) is 0 Å². The molecule has 6 nitrogen and oxygen atoms in total. The molecule has 1 unspecified atom stereocenters. The molecule has 1 atom stereocenters. The van der Waals surface area contributed by atoms with Gasteiger partial charge in [0.25, 0.3) is 0 Å². The van der Waals surface area contributed by atoms with Crippen molar-refractivity contribution in [3.63, 3.8) is 0 Å². The zero-order valence-electron chi connectivity index (χ0n) is 15.9. The molecule has 1 aliphatic carbocycles. The lowest BCUT2D eigenvalue weighted by Gasteiger charge is -2.23. The van der Waals surface area contributed by atoms with Crippen molar-refractivity contribution in [1.29, 1.82) is 0 Å². The molecule has 0 saturated heterocycles. The van der Waals surface area contributed by atoms with E-state index in [4.69, 9.17) is 0 Å². The largest absolute Gasteiger partial charge is 0.395 e. The SMILES string of the molecule is CC1(CO)Cc2nnc(C3(c4ccc(-c5ncccn5)cc4)CC3)n2CCS1. The Balaban J connectivity index is 1.48. The quantitative estimate of drug-likeness (QED) is 0.735. The first-order chi connectivity index (χ1) is 13.6. The number of thioether (sulfide) groups is 1. The van der Waals surface area contributed by atoms with Crippen molar-refractivity contribution in [3.8, 4) is 11.4 Å². The summed E-state index contributed by atoms with van der Waals surface area (Å²) in [4.78, 5) is 8.67. The average Bonchev–Trinajstić information content (AvgIpc) is 3.49. The lowest BCUT2D eigenvalue weighted by atomic mass is 9.93. The molecule has 0 radical (unpaired) electrons. The Morgan fingerprint density at radius 1 is 1.11 bits per heavy atom. The second kappa shape index (κ2) is 6.67. The fraction of sp³-hybridized carbons (Fsp3) is 0.429. The van der Waals surface area contributed by atoms with Crippen molar-refractivity contribution < 1.29 is 5.11 Å². The van der Waals surface area contributed by atoms with Gasteiger partial charge in [-0.2, -0.15) is 11.8 Å². The molecule has 3 aromatic rings. The van der Waals surface area contributed by atoms with Crippen molar-refractivity contribution in [1.82, 2.24) is 24.7 Å². The maximum Gasteiger partial charge on any atom is 0.159 e. The van der Waals surface area contributed by atoms with E-state index in [-0.39, 0.29) is 16.8 Å². The van der Waals surface area contributed by atoms with Crippen LogP contribution in [0.25, 0.3) is 11.4 Å². The normalized spacial score (nSPS) is 23.1. The molecule has 1 saturated carbocycles. The Labute approximate surface area is 168 Å². The van der Waals surface area contributed by atoms with Gasteiger partial charge in [0.1, 0.15) is 11.6 Å². The molecule has 1 fully saturated rings. The Kier molecular flexibility index (Phi) is 4.25. The number of aliphatic hydroxyl groups excluding tert-OH is 1. The van der Waals surface area contributed by atoms with Crippen LogP contribution in [-0.4, -0.2) is 46.9 Å². The molecule has 0 bridgehead atoms. The number of nitrogens with zero attached hydrogens (tertiary/aromatic N) is 5. The number of aliphatic hydroxyl groups is 1. The summed E-state index contributed by atoms with van der Waals surface area (Å²) in [5.41, 5.74) is 2.27. The molecule has 1 aliphatic heterocycles. The molecule has 1 N–H and O–H groups in total. The average molecular weight is 394 g/mol. The van der Waals surface area contributed by atoms with Gasteiger partial charge < -0.3 is 9.67 Å². The Morgan fingerprint density at radius 3 is 2.54 bits per heavy atom. The summed E-state index contributed by atoms with van der Waals surface area (Å²) in [7, 11) is 0. The van der Waals surface area contributed by atoms with Crippen LogP contribution in [0.15, 0.2) is 42.7 Å². The van der Waals surface area contributed by atoms with Gasteiger partial charge in [-0.05, 0) is 31.4 Å². The van der Waals surface area contributed by atoms with E-state index in [1.165, 1.54) is 5.56 Å². The van der Waals surface area contributed by atoms with Gasteiger partial charge in [0.15, 0.2) is 5.82 Å². The lowest BCUT2D eigenvalue weighted by Crippen LogP contribution is -2.28. The summed E-state index contributed by atoms with van der Waals surface area (Å²) in [5.74, 6) is 3.79. The summed E-state index contributed by atoms with van der Waals surface area (Å²) < 4.78 is 2.13. The van der Waals surface area contributed by atoms with Crippen LogP contribution in [0.4, 0.5) is 0 Å². The number of hydrogen-bond donors (Lipinski definition) is 1. The molecule has 144 valence electrons. The lowest BCUT2D eigenvalue weighted by molar-refractivity contribution is 0.254. The highest BCUT2D eigenvalue weighted by molar-refractivity contribution is 8.00. The summed E-state index contributed by atoms with van der Waals surface area (Å²) in [5, 5.41) is 18.9. The fourth-order valence-electron chi connectivity index (χ4n) is 4.08. The zero-order valence-corrected chi connectivity index (χ0v) is 16.7. The van der Waals surface area contributed by atoms with Crippen LogP contribution in [0, 0.1) is 0 Å². The van der Waals surface area contributed by atoms with Crippen LogP contribution in [0.5, 0.6) is 0 Å². The molecule has 28 heavy (non-hydrogen) atoms. The standard InChI is InChI=1S/C21H23N5OS/c1-20(14-27)13-17-24-25-19(26(17)11-12-28-20)21(7-8-21)16-5-3-15(4-6-16)18-22-9-2-10-23-18/h2-6,9-10,27H,7-8,11-14H2,1H3. The molecule has 2 aliphatic rings. The molecular formula is C21H23N5OS. The fourth-order valence-corrected chi connectivity index (χ4v) is 5.17. The van der Waals surface area contributed by atoms with Gasteiger partial charge in [0.05, 0.1) is 12.0 Å². The molecule has 2 aromatic heterocycles.